The summed E-state index contributed by atoms with van der Waals surface area (Å²) in [5.41, 5.74) is -0.469. The number of carbonyl (C=O) groups is 1. The molecule has 0 aliphatic carbocycles. The van der Waals surface area contributed by atoms with Crippen LogP contribution in [0, 0.1) is 5.82 Å². The quantitative estimate of drug-likeness (QED) is 0.828. The molecule has 0 saturated carbocycles. The van der Waals surface area contributed by atoms with E-state index in [0.29, 0.717) is 12.1 Å². The van der Waals surface area contributed by atoms with Crippen molar-refractivity contribution in [1.29, 1.82) is 0 Å². The minimum absolute atomic E-state index is 0.0208. The van der Waals surface area contributed by atoms with E-state index in [1.54, 1.807) is 6.92 Å². The van der Waals surface area contributed by atoms with Crippen LogP contribution in [0.2, 0.25) is 0 Å². The van der Waals surface area contributed by atoms with E-state index in [4.69, 9.17) is 0 Å². The number of anilines is 1. The minimum atomic E-state index is -3.16. The van der Waals surface area contributed by atoms with E-state index in [9.17, 15) is 17.6 Å². The Morgan fingerprint density at radius 3 is 2.83 bits per heavy atom. The van der Waals surface area contributed by atoms with Crippen LogP contribution in [0.5, 0.6) is 0 Å². The average Bonchev–Trinajstić information content (AvgIpc) is 3.09. The van der Waals surface area contributed by atoms with E-state index in [1.165, 1.54) is 29.2 Å². The van der Waals surface area contributed by atoms with Crippen LogP contribution in [0.25, 0.3) is 5.69 Å². The summed E-state index contributed by atoms with van der Waals surface area (Å²) in [4.78, 5) is 12.1. The molecule has 0 bridgehead atoms. The van der Waals surface area contributed by atoms with E-state index >= 15 is 0 Å². The van der Waals surface area contributed by atoms with Gasteiger partial charge in [-0.15, -0.1) is 5.10 Å². The molecule has 1 aliphatic heterocycles. The van der Waals surface area contributed by atoms with Gasteiger partial charge in [0.2, 0.25) is 0 Å². The molecule has 2 aromatic rings. The molecule has 9 nitrogen and oxygen atoms in total. The van der Waals surface area contributed by atoms with Crippen molar-refractivity contribution in [2.45, 2.75) is 18.9 Å². The zero-order valence-electron chi connectivity index (χ0n) is 12.7. The molecule has 0 spiro atoms. The van der Waals surface area contributed by atoms with Gasteiger partial charge in [0, 0.05) is 0 Å². The van der Waals surface area contributed by atoms with E-state index in [-0.39, 0.29) is 17.2 Å². The number of urea groups is 1. The summed E-state index contributed by atoms with van der Waals surface area (Å²) in [5.74, 6) is -0.751. The van der Waals surface area contributed by atoms with Crippen LogP contribution in [0.3, 0.4) is 0 Å². The largest absolute Gasteiger partial charge is 0.332 e. The lowest BCUT2D eigenvalue weighted by Crippen LogP contribution is -2.48. The highest BCUT2D eigenvalue weighted by molar-refractivity contribution is 7.91. The van der Waals surface area contributed by atoms with E-state index < -0.39 is 27.2 Å². The van der Waals surface area contributed by atoms with Crippen LogP contribution in [-0.2, 0) is 9.84 Å². The third kappa shape index (κ3) is 3.50. The molecule has 11 heteroatoms. The molecular formula is C13H15FN6O3S. The predicted molar refractivity (Wildman–Crippen MR) is 82.9 cm³/mol. The second-order valence-corrected chi connectivity index (χ2v) is 8.08. The van der Waals surface area contributed by atoms with Crippen molar-refractivity contribution in [2.24, 2.45) is 0 Å². The number of nitrogens with one attached hydrogen (secondary N) is 2. The van der Waals surface area contributed by atoms with Gasteiger partial charge in [-0.1, -0.05) is 0 Å². The number of sulfone groups is 1. The number of aromatic nitrogens is 4. The van der Waals surface area contributed by atoms with Crippen molar-refractivity contribution in [1.82, 2.24) is 25.5 Å². The number of benzene rings is 1. The summed E-state index contributed by atoms with van der Waals surface area (Å²) in [7, 11) is -3.16. The van der Waals surface area contributed by atoms with Crippen molar-refractivity contribution < 1.29 is 17.6 Å². The maximum absolute atomic E-state index is 13.9. The summed E-state index contributed by atoms with van der Waals surface area (Å²) in [6, 6.07) is 3.33. The summed E-state index contributed by atoms with van der Waals surface area (Å²) in [6.45, 7) is 1.64. The molecule has 1 saturated heterocycles. The number of hydrogen-bond acceptors (Lipinski definition) is 6. The van der Waals surface area contributed by atoms with Gasteiger partial charge in [-0.05, 0) is 42.0 Å². The van der Waals surface area contributed by atoms with Crippen molar-refractivity contribution in [3.8, 4) is 5.69 Å². The normalized spacial score (nSPS) is 22.2. The Balaban J connectivity index is 1.74. The van der Waals surface area contributed by atoms with Gasteiger partial charge >= 0.3 is 6.03 Å². The highest BCUT2D eigenvalue weighted by Gasteiger charge is 2.39. The van der Waals surface area contributed by atoms with Gasteiger partial charge in [0.05, 0.1) is 28.4 Å². The number of hydrogen-bond donors (Lipinski definition) is 2. The third-order valence-electron chi connectivity index (χ3n) is 3.73. The Bertz CT molecular complexity index is 870. The summed E-state index contributed by atoms with van der Waals surface area (Å²) >= 11 is 0. The fraction of sp³-hybridized carbons (Fsp3) is 0.385. The van der Waals surface area contributed by atoms with Gasteiger partial charge in [-0.25, -0.2) is 22.3 Å². The maximum atomic E-state index is 13.9. The zero-order valence-corrected chi connectivity index (χ0v) is 13.5. The SMILES string of the molecule is C[C@]1(NC(=O)Nc2cc(-n3cnnn3)ccc2F)CCS(=O)(=O)C1. The smallest absolute Gasteiger partial charge is 0.319 e. The highest BCUT2D eigenvalue weighted by atomic mass is 32.2. The Labute approximate surface area is 137 Å². The second kappa shape index (κ2) is 5.82. The first-order valence-corrected chi connectivity index (χ1v) is 8.91. The summed E-state index contributed by atoms with van der Waals surface area (Å²) in [6.07, 6.45) is 1.65. The van der Waals surface area contributed by atoms with Crippen LogP contribution in [0.15, 0.2) is 24.5 Å². The number of amides is 2. The summed E-state index contributed by atoms with van der Waals surface area (Å²) in [5, 5.41) is 15.6. The first-order valence-electron chi connectivity index (χ1n) is 7.09. The van der Waals surface area contributed by atoms with Crippen molar-refractivity contribution in [2.75, 3.05) is 16.8 Å². The van der Waals surface area contributed by atoms with Crippen molar-refractivity contribution in [3.63, 3.8) is 0 Å². The van der Waals surface area contributed by atoms with Crippen LogP contribution < -0.4 is 10.6 Å². The topological polar surface area (TPSA) is 119 Å². The average molecular weight is 354 g/mol. The van der Waals surface area contributed by atoms with Gasteiger partial charge in [-0.3, -0.25) is 0 Å². The van der Waals surface area contributed by atoms with Gasteiger partial charge in [0.1, 0.15) is 12.1 Å². The molecule has 0 unspecified atom stereocenters. The number of halogens is 1. The van der Waals surface area contributed by atoms with E-state index in [1.807, 2.05) is 0 Å². The Kier molecular flexibility index (Phi) is 3.95. The number of carbonyl (C=O) groups excluding carboxylic acids is 1. The van der Waals surface area contributed by atoms with E-state index in [0.717, 1.165) is 0 Å². The highest BCUT2D eigenvalue weighted by Crippen LogP contribution is 2.23. The second-order valence-electron chi connectivity index (χ2n) is 5.90. The van der Waals surface area contributed by atoms with Crippen LogP contribution in [0.1, 0.15) is 13.3 Å². The molecule has 2 heterocycles. The Morgan fingerprint density at radius 1 is 1.42 bits per heavy atom. The minimum Gasteiger partial charge on any atom is -0.332 e. The van der Waals surface area contributed by atoms with Crippen molar-refractivity contribution in [3.05, 3.63) is 30.3 Å². The molecule has 2 N–H and O–H groups in total. The molecule has 3 rings (SSSR count). The standard InChI is InChI=1S/C13H15FN6O3S/c1-13(4-5-24(22,23)7-13)17-12(21)16-11-6-9(2-3-10(11)14)20-8-15-18-19-20/h2-3,6,8H,4-5,7H2,1H3,(H2,16,17,21)/t13-/m0/s1. The number of tetrazole rings is 1. The molecule has 1 atom stereocenters. The lowest BCUT2D eigenvalue weighted by molar-refractivity contribution is 0.242. The number of rotatable bonds is 3. The van der Waals surface area contributed by atoms with Crippen LogP contribution in [0.4, 0.5) is 14.9 Å². The van der Waals surface area contributed by atoms with Crippen molar-refractivity contribution >= 4 is 21.6 Å². The third-order valence-corrected chi connectivity index (χ3v) is 5.63. The number of nitrogens with zero attached hydrogens (tertiary/aromatic N) is 4. The van der Waals surface area contributed by atoms with Crippen LogP contribution in [-0.4, -0.2) is 51.7 Å². The molecule has 128 valence electrons. The molecule has 1 fully saturated rings. The monoisotopic (exact) mass is 354 g/mol. The lowest BCUT2D eigenvalue weighted by atomic mass is 10.0. The van der Waals surface area contributed by atoms with Gasteiger partial charge in [0.25, 0.3) is 0 Å². The first kappa shape index (κ1) is 16.3. The Morgan fingerprint density at radius 2 is 2.21 bits per heavy atom. The lowest BCUT2D eigenvalue weighted by Gasteiger charge is -2.24. The predicted octanol–water partition coefficient (Wildman–Crippen LogP) is 0.500. The molecule has 1 aromatic heterocycles. The molecule has 1 aliphatic rings. The fourth-order valence-electron chi connectivity index (χ4n) is 2.57. The maximum Gasteiger partial charge on any atom is 0.319 e. The fourth-order valence-corrected chi connectivity index (χ4v) is 4.66. The summed E-state index contributed by atoms with van der Waals surface area (Å²) < 4.78 is 38.3. The molecular weight excluding hydrogens is 339 g/mol. The zero-order chi connectivity index (χ0) is 17.4. The van der Waals surface area contributed by atoms with Gasteiger partial charge in [0.15, 0.2) is 9.84 Å². The molecule has 24 heavy (non-hydrogen) atoms. The van der Waals surface area contributed by atoms with Crippen LogP contribution >= 0.6 is 0 Å². The molecule has 0 radical (unpaired) electrons. The van der Waals surface area contributed by atoms with E-state index in [2.05, 4.69) is 26.2 Å². The molecule has 1 aromatic carbocycles. The Hall–Kier alpha value is -2.56. The van der Waals surface area contributed by atoms with Gasteiger partial charge < -0.3 is 10.6 Å². The first-order chi connectivity index (χ1) is 11.3. The molecule has 2 amide bonds. The van der Waals surface area contributed by atoms with Gasteiger partial charge in [-0.2, -0.15) is 0 Å².